The molecule has 2 aromatic rings. The maximum absolute atomic E-state index is 11.0. The number of nitrogens with one attached hydrogen (secondary N) is 1. The van der Waals surface area contributed by atoms with E-state index in [4.69, 9.17) is 0 Å². The summed E-state index contributed by atoms with van der Waals surface area (Å²) in [5.41, 5.74) is 0.996. The van der Waals surface area contributed by atoms with Gasteiger partial charge in [-0.2, -0.15) is 11.8 Å². The molecule has 100 valence electrons. The molecule has 0 fully saturated rings. The minimum absolute atomic E-state index is 0.0890. The van der Waals surface area contributed by atoms with Crippen LogP contribution in [-0.2, 0) is 0 Å². The first kappa shape index (κ1) is 13.6. The Morgan fingerprint density at radius 3 is 2.89 bits per heavy atom. The van der Waals surface area contributed by atoms with Crippen LogP contribution in [0.4, 0.5) is 11.4 Å². The number of nitro groups is 1. The van der Waals surface area contributed by atoms with E-state index in [1.54, 1.807) is 30.1 Å². The first-order valence-corrected chi connectivity index (χ1v) is 7.29. The Kier molecular flexibility index (Phi) is 4.21. The summed E-state index contributed by atoms with van der Waals surface area (Å²) in [6, 6.07) is 5.39. The van der Waals surface area contributed by atoms with E-state index in [-0.39, 0.29) is 10.6 Å². The lowest BCUT2D eigenvalue weighted by Crippen LogP contribution is -2.17. The zero-order valence-electron chi connectivity index (χ0n) is 10.8. The van der Waals surface area contributed by atoms with Gasteiger partial charge in [0, 0.05) is 41.3 Å². The van der Waals surface area contributed by atoms with Crippen molar-refractivity contribution in [1.29, 1.82) is 0 Å². The van der Waals surface area contributed by atoms with Gasteiger partial charge in [0.1, 0.15) is 0 Å². The van der Waals surface area contributed by atoms with Crippen molar-refractivity contribution in [2.45, 2.75) is 13.0 Å². The summed E-state index contributed by atoms with van der Waals surface area (Å²) >= 11 is 1.76. The number of fused-ring (bicyclic) bond motifs is 1. The molecule has 0 aliphatic carbocycles. The number of thioether (sulfide) groups is 1. The molecular formula is C13H15N3O2S. The topological polar surface area (TPSA) is 68.1 Å². The van der Waals surface area contributed by atoms with E-state index < -0.39 is 0 Å². The molecule has 19 heavy (non-hydrogen) atoms. The van der Waals surface area contributed by atoms with Crippen molar-refractivity contribution in [3.63, 3.8) is 0 Å². The number of rotatable bonds is 5. The van der Waals surface area contributed by atoms with Crippen LogP contribution >= 0.6 is 11.8 Å². The molecule has 1 N–H and O–H groups in total. The van der Waals surface area contributed by atoms with Gasteiger partial charge in [0.05, 0.1) is 10.3 Å². The monoisotopic (exact) mass is 277 g/mol. The van der Waals surface area contributed by atoms with E-state index in [1.165, 1.54) is 12.3 Å². The minimum atomic E-state index is -0.376. The third-order valence-electron chi connectivity index (χ3n) is 2.81. The van der Waals surface area contributed by atoms with Crippen LogP contribution in [0.2, 0.25) is 0 Å². The van der Waals surface area contributed by atoms with Crippen molar-refractivity contribution in [1.82, 2.24) is 4.98 Å². The summed E-state index contributed by atoms with van der Waals surface area (Å²) < 4.78 is 0. The number of non-ortho nitro benzene ring substituents is 1. The Labute approximate surface area is 115 Å². The molecule has 1 aromatic carbocycles. The number of nitro benzene ring substituents is 1. The molecule has 0 aliphatic heterocycles. The maximum atomic E-state index is 11.0. The smallest absolute Gasteiger partial charge is 0.278 e. The maximum Gasteiger partial charge on any atom is 0.278 e. The summed E-state index contributed by atoms with van der Waals surface area (Å²) in [6.45, 7) is 2.09. The van der Waals surface area contributed by atoms with Crippen LogP contribution in [0.3, 0.4) is 0 Å². The first-order chi connectivity index (χ1) is 9.13. The minimum Gasteiger partial charge on any atom is -0.381 e. The lowest BCUT2D eigenvalue weighted by Gasteiger charge is -2.15. The number of anilines is 1. The lowest BCUT2D eigenvalue weighted by molar-refractivity contribution is -0.383. The summed E-state index contributed by atoms with van der Waals surface area (Å²) in [7, 11) is 0. The highest BCUT2D eigenvalue weighted by molar-refractivity contribution is 7.98. The third-order valence-corrected chi connectivity index (χ3v) is 3.64. The van der Waals surface area contributed by atoms with Gasteiger partial charge in [-0.3, -0.25) is 15.1 Å². The molecule has 0 bridgehead atoms. The third kappa shape index (κ3) is 2.96. The second-order valence-electron chi connectivity index (χ2n) is 4.31. The molecule has 0 radical (unpaired) electrons. The second-order valence-corrected chi connectivity index (χ2v) is 5.22. The van der Waals surface area contributed by atoms with E-state index in [0.717, 1.165) is 16.8 Å². The number of hydrogen-bond donors (Lipinski definition) is 1. The highest BCUT2D eigenvalue weighted by atomic mass is 32.2. The molecule has 1 unspecified atom stereocenters. The summed E-state index contributed by atoms with van der Waals surface area (Å²) in [5, 5.41) is 15.8. The van der Waals surface area contributed by atoms with Gasteiger partial charge < -0.3 is 5.32 Å². The van der Waals surface area contributed by atoms with Gasteiger partial charge in [-0.1, -0.05) is 0 Å². The predicted octanol–water partition coefficient (Wildman–Crippen LogP) is 3.31. The average Bonchev–Trinajstić information content (AvgIpc) is 2.39. The fourth-order valence-electron chi connectivity index (χ4n) is 2.02. The van der Waals surface area contributed by atoms with Crippen LogP contribution < -0.4 is 5.32 Å². The molecule has 2 rings (SSSR count). The molecule has 1 heterocycles. The molecule has 0 amide bonds. The van der Waals surface area contributed by atoms with Crippen molar-refractivity contribution in [2.24, 2.45) is 0 Å². The van der Waals surface area contributed by atoms with Crippen LogP contribution in [0.25, 0.3) is 10.8 Å². The molecule has 0 saturated heterocycles. The van der Waals surface area contributed by atoms with Crippen LogP contribution in [0, 0.1) is 10.1 Å². The average molecular weight is 277 g/mol. The number of benzene rings is 1. The molecule has 5 nitrogen and oxygen atoms in total. The van der Waals surface area contributed by atoms with Gasteiger partial charge in [-0.25, -0.2) is 0 Å². The van der Waals surface area contributed by atoms with Gasteiger partial charge in [-0.05, 0) is 25.3 Å². The molecular weight excluding hydrogens is 262 g/mol. The molecule has 0 aliphatic rings. The Hall–Kier alpha value is -1.82. The van der Waals surface area contributed by atoms with E-state index >= 15 is 0 Å². The SMILES string of the molecule is CSCC(C)Nc1ccc([N+](=O)[O-])c2cnccc12. The molecule has 0 spiro atoms. The highest BCUT2D eigenvalue weighted by Crippen LogP contribution is 2.31. The summed E-state index contributed by atoms with van der Waals surface area (Å²) in [6.07, 6.45) is 5.24. The Morgan fingerprint density at radius 1 is 1.42 bits per heavy atom. The Morgan fingerprint density at radius 2 is 2.21 bits per heavy atom. The van der Waals surface area contributed by atoms with Crippen molar-refractivity contribution in [2.75, 3.05) is 17.3 Å². The highest BCUT2D eigenvalue weighted by Gasteiger charge is 2.15. The van der Waals surface area contributed by atoms with Gasteiger partial charge in [0.15, 0.2) is 0 Å². The van der Waals surface area contributed by atoms with Crippen LogP contribution in [0.1, 0.15) is 6.92 Å². The van der Waals surface area contributed by atoms with Crippen molar-refractivity contribution < 1.29 is 4.92 Å². The van der Waals surface area contributed by atoms with E-state index in [9.17, 15) is 10.1 Å². The van der Waals surface area contributed by atoms with Crippen molar-refractivity contribution in [3.8, 4) is 0 Å². The van der Waals surface area contributed by atoms with Crippen LogP contribution in [0.5, 0.6) is 0 Å². The van der Waals surface area contributed by atoms with Crippen molar-refractivity contribution >= 4 is 33.9 Å². The predicted molar refractivity (Wildman–Crippen MR) is 79.9 cm³/mol. The van der Waals surface area contributed by atoms with E-state index in [1.807, 2.05) is 0 Å². The van der Waals surface area contributed by atoms with Gasteiger partial charge in [0.2, 0.25) is 0 Å². The zero-order chi connectivity index (χ0) is 13.8. The van der Waals surface area contributed by atoms with Gasteiger partial charge >= 0.3 is 0 Å². The Bertz CT molecular complexity index is 603. The van der Waals surface area contributed by atoms with Crippen LogP contribution in [0.15, 0.2) is 30.6 Å². The van der Waals surface area contributed by atoms with E-state index in [2.05, 4.69) is 23.5 Å². The normalized spacial score (nSPS) is 12.3. The molecule has 1 atom stereocenters. The molecule has 1 aromatic heterocycles. The number of hydrogen-bond acceptors (Lipinski definition) is 5. The number of nitrogens with zero attached hydrogens (tertiary/aromatic N) is 2. The lowest BCUT2D eigenvalue weighted by atomic mass is 10.1. The van der Waals surface area contributed by atoms with Crippen molar-refractivity contribution in [3.05, 3.63) is 40.7 Å². The Balaban J connectivity index is 2.46. The molecule has 6 heteroatoms. The molecule has 0 saturated carbocycles. The largest absolute Gasteiger partial charge is 0.381 e. The second kappa shape index (κ2) is 5.88. The first-order valence-electron chi connectivity index (χ1n) is 5.90. The standard InChI is InChI=1S/C13H15N3O2S/c1-9(8-19-2)15-12-3-4-13(16(17)18)11-7-14-6-5-10(11)12/h3-7,9,15H,8H2,1-2H3. The van der Waals surface area contributed by atoms with E-state index in [0.29, 0.717) is 11.4 Å². The number of aromatic nitrogens is 1. The summed E-state index contributed by atoms with van der Waals surface area (Å²) in [5.74, 6) is 0.976. The fraction of sp³-hybridized carbons (Fsp3) is 0.308. The fourth-order valence-corrected chi connectivity index (χ4v) is 2.60. The zero-order valence-corrected chi connectivity index (χ0v) is 11.6. The quantitative estimate of drug-likeness (QED) is 0.670. The number of pyridine rings is 1. The van der Waals surface area contributed by atoms with Gasteiger partial charge in [-0.15, -0.1) is 0 Å². The van der Waals surface area contributed by atoms with Crippen LogP contribution in [-0.4, -0.2) is 28.0 Å². The summed E-state index contributed by atoms with van der Waals surface area (Å²) in [4.78, 5) is 14.6. The van der Waals surface area contributed by atoms with Gasteiger partial charge in [0.25, 0.3) is 5.69 Å².